The summed E-state index contributed by atoms with van der Waals surface area (Å²) in [6.45, 7) is 28.1. The first-order chi connectivity index (χ1) is 8.72. The summed E-state index contributed by atoms with van der Waals surface area (Å²) in [5, 5.41) is 0.513. The minimum absolute atomic E-state index is 0.513. The average Bonchev–Trinajstić information content (AvgIpc) is 2.40. The summed E-state index contributed by atoms with van der Waals surface area (Å²) in [6, 6.07) is 0. The van der Waals surface area contributed by atoms with Crippen molar-refractivity contribution in [1.29, 1.82) is 0 Å². The van der Waals surface area contributed by atoms with Crippen molar-refractivity contribution < 1.29 is 0 Å². The second-order valence-corrected chi connectivity index (χ2v) is 20.6. The van der Waals surface area contributed by atoms with E-state index < -0.39 is 15.3 Å². The third kappa shape index (κ3) is 3.35. The van der Waals surface area contributed by atoms with Gasteiger partial charge in [0, 0.05) is 26.4 Å². The van der Waals surface area contributed by atoms with E-state index in [9.17, 15) is 0 Å². The van der Waals surface area contributed by atoms with Crippen molar-refractivity contribution in [3.05, 3.63) is 0 Å². The van der Waals surface area contributed by atoms with Gasteiger partial charge < -0.3 is 0 Å². The van der Waals surface area contributed by atoms with Crippen molar-refractivity contribution in [2.24, 2.45) is 23.7 Å². The smallest absolute Gasteiger partial charge is 0.0659 e. The molecule has 0 aliphatic heterocycles. The van der Waals surface area contributed by atoms with E-state index in [4.69, 9.17) is 0 Å². The molecule has 1 fully saturated rings. The van der Waals surface area contributed by atoms with Crippen molar-refractivity contribution in [2.75, 3.05) is 19.1 Å². The molecule has 0 spiro atoms. The highest BCUT2D eigenvalue weighted by molar-refractivity contribution is 7.78. The molecule has 0 saturated heterocycles. The zero-order chi connectivity index (χ0) is 16.1. The van der Waals surface area contributed by atoms with Crippen LogP contribution in [-0.2, 0) is 0 Å². The lowest BCUT2D eigenvalue weighted by molar-refractivity contribution is 0.352. The monoisotopic (exact) mass is 315 g/mol. The van der Waals surface area contributed by atoms with Gasteiger partial charge in [-0.1, -0.05) is 40.8 Å². The highest BCUT2D eigenvalue weighted by Gasteiger charge is 2.54. The summed E-state index contributed by atoms with van der Waals surface area (Å²) in [5.41, 5.74) is 1.02. The van der Waals surface area contributed by atoms with E-state index in [0.717, 1.165) is 29.2 Å². The Hall–Kier alpha value is 0.647. The maximum atomic E-state index is 2.70. The molecule has 0 radical (unpaired) electrons. The van der Waals surface area contributed by atoms with Crippen molar-refractivity contribution in [1.82, 2.24) is 0 Å². The van der Waals surface area contributed by atoms with Crippen LogP contribution in [0, 0.1) is 23.7 Å². The van der Waals surface area contributed by atoms with Gasteiger partial charge in [-0.05, 0) is 50.0 Å². The molecule has 2 heteroatoms. The molecule has 20 heavy (non-hydrogen) atoms. The molecular weight excluding hydrogens is 275 g/mol. The number of rotatable bonds is 3. The Labute approximate surface area is 130 Å². The number of hydrogen-bond acceptors (Lipinski definition) is 0. The second-order valence-electron chi connectivity index (χ2n) is 9.96. The molecule has 0 heterocycles. The summed E-state index contributed by atoms with van der Waals surface area (Å²) in [7, 11) is -2.01. The molecule has 0 aromatic rings. The molecule has 0 nitrogen and oxygen atoms in total. The van der Waals surface area contributed by atoms with E-state index >= 15 is 0 Å². The Balaban J connectivity index is 3.00. The molecule has 0 bridgehead atoms. The van der Waals surface area contributed by atoms with Gasteiger partial charge in [0.25, 0.3) is 0 Å². The predicted octanol–water partition coefficient (Wildman–Crippen LogP) is 6.24. The van der Waals surface area contributed by atoms with Crippen LogP contribution in [0.25, 0.3) is 0 Å². The Morgan fingerprint density at radius 2 is 1.15 bits per heavy atom. The minimum atomic E-state index is -1.18. The molecule has 0 amide bonds. The van der Waals surface area contributed by atoms with Crippen LogP contribution in [0.4, 0.5) is 0 Å². The van der Waals surface area contributed by atoms with Gasteiger partial charge in [0.2, 0.25) is 0 Å². The topological polar surface area (TPSA) is 0 Å². The van der Waals surface area contributed by atoms with Gasteiger partial charge in [-0.2, -0.15) is 0 Å². The molecule has 1 aliphatic rings. The van der Waals surface area contributed by atoms with Crippen LogP contribution in [0.3, 0.4) is 0 Å². The van der Waals surface area contributed by atoms with Gasteiger partial charge in [0.1, 0.15) is 0 Å². The average molecular weight is 316 g/mol. The summed E-state index contributed by atoms with van der Waals surface area (Å²) in [4.78, 5) is 0. The summed E-state index contributed by atoms with van der Waals surface area (Å²) in [6.07, 6.45) is 0. The quantitative estimate of drug-likeness (QED) is 0.427. The second kappa shape index (κ2) is 5.69. The van der Waals surface area contributed by atoms with Crippen LogP contribution in [0.2, 0.25) is 18.6 Å². The van der Waals surface area contributed by atoms with Gasteiger partial charge in [-0.3, -0.25) is 0 Å². The van der Waals surface area contributed by atoms with Crippen LogP contribution in [0.1, 0.15) is 48.5 Å². The molecule has 1 saturated carbocycles. The van der Waals surface area contributed by atoms with Gasteiger partial charge in [-0.25, -0.2) is 0 Å². The minimum Gasteiger partial charge on any atom is -0.0659 e. The zero-order valence-electron chi connectivity index (χ0n) is 16.0. The van der Waals surface area contributed by atoms with Crippen molar-refractivity contribution in [3.8, 4) is 0 Å². The van der Waals surface area contributed by atoms with E-state index in [0.29, 0.717) is 5.16 Å². The first kappa shape index (κ1) is 18.7. The summed E-state index contributed by atoms with van der Waals surface area (Å²) >= 11 is 0. The van der Waals surface area contributed by atoms with Crippen LogP contribution in [0.15, 0.2) is 0 Å². The fourth-order valence-electron chi connectivity index (χ4n) is 4.88. The maximum absolute atomic E-state index is 2.70. The number of hydrogen-bond donors (Lipinski definition) is 0. The van der Waals surface area contributed by atoms with Gasteiger partial charge in [0.05, 0.1) is 13.2 Å². The van der Waals surface area contributed by atoms with Crippen molar-refractivity contribution in [3.63, 3.8) is 0 Å². The molecule has 5 atom stereocenters. The van der Waals surface area contributed by atoms with Crippen LogP contribution in [0.5, 0.6) is 0 Å². The molecule has 120 valence electrons. The maximum Gasteiger partial charge on any atom is 0.0955 e. The Morgan fingerprint density at radius 1 is 0.800 bits per heavy atom. The predicted molar refractivity (Wildman–Crippen MR) is 101 cm³/mol. The summed E-state index contributed by atoms with van der Waals surface area (Å²) < 4.78 is 0. The largest absolute Gasteiger partial charge is 0.0955 e. The first-order valence-corrected chi connectivity index (χ1v) is 14.7. The van der Waals surface area contributed by atoms with Crippen LogP contribution >= 0.6 is 7.26 Å². The molecule has 0 aromatic heterocycles. The van der Waals surface area contributed by atoms with Crippen molar-refractivity contribution in [2.45, 2.75) is 72.3 Å². The molecule has 0 N–H and O–H groups in total. The fraction of sp³-hybridized carbons (Fsp3) is 1.00. The SMILES string of the molecule is CC1C([Si](C)(C)C[P+](C)(C)C(C)(C)C)[C@H](C)[C@@H](C)[C@H]1C. The van der Waals surface area contributed by atoms with Crippen molar-refractivity contribution >= 4 is 15.3 Å². The van der Waals surface area contributed by atoms with Gasteiger partial charge in [-0.15, -0.1) is 0 Å². The third-order valence-electron chi connectivity index (χ3n) is 7.14. The molecule has 1 aliphatic carbocycles. The zero-order valence-corrected chi connectivity index (χ0v) is 17.9. The lowest BCUT2D eigenvalue weighted by atomic mass is 9.92. The Morgan fingerprint density at radius 3 is 1.45 bits per heavy atom. The first-order valence-electron chi connectivity index (χ1n) is 8.55. The Kier molecular flexibility index (Phi) is 5.32. The van der Waals surface area contributed by atoms with E-state index in [-0.39, 0.29) is 0 Å². The molecule has 2 unspecified atom stereocenters. The lowest BCUT2D eigenvalue weighted by Gasteiger charge is -2.42. The normalized spacial score (nSPS) is 36.5. The standard InChI is InChI=1S/C18H40PSi/c1-13-14(2)16(4)17(15(13)3)20(10,11)12-19(8,9)18(5,6)7/h13-17H,12H2,1-11H3/q+1/t13-,14+,15+,16?,17?/m0/s1. The molecular formula is C18H40PSi+. The van der Waals surface area contributed by atoms with Gasteiger partial charge in [0.15, 0.2) is 0 Å². The Bertz CT molecular complexity index is 326. The molecule has 0 aromatic carbocycles. The summed E-state index contributed by atoms with van der Waals surface area (Å²) in [5.74, 6) is 5.27. The highest BCUT2D eigenvalue weighted by Crippen LogP contribution is 2.66. The fourth-order valence-corrected chi connectivity index (χ4v) is 19.2. The van der Waals surface area contributed by atoms with Crippen LogP contribution < -0.4 is 0 Å². The van der Waals surface area contributed by atoms with E-state index in [1.807, 2.05) is 0 Å². The third-order valence-corrected chi connectivity index (χ3v) is 20.1. The van der Waals surface area contributed by atoms with Crippen LogP contribution in [-0.4, -0.2) is 32.3 Å². The van der Waals surface area contributed by atoms with E-state index in [2.05, 4.69) is 74.9 Å². The lowest BCUT2D eigenvalue weighted by Crippen LogP contribution is -2.44. The van der Waals surface area contributed by atoms with E-state index in [1.54, 1.807) is 5.79 Å². The highest BCUT2D eigenvalue weighted by atomic mass is 31.2. The molecule has 1 rings (SSSR count). The van der Waals surface area contributed by atoms with Gasteiger partial charge >= 0.3 is 0 Å². The van der Waals surface area contributed by atoms with E-state index in [1.165, 1.54) is 0 Å².